The van der Waals surface area contributed by atoms with Crippen LogP contribution in [0.5, 0.6) is 0 Å². The minimum atomic E-state index is 0.853. The first-order valence-electron chi connectivity index (χ1n) is 4.90. The van der Waals surface area contributed by atoms with Crippen LogP contribution in [-0.4, -0.2) is 31.1 Å². The molecule has 0 aromatic rings. The molecule has 1 aliphatic rings. The Kier molecular flexibility index (Phi) is 4.33. The molecule has 2 nitrogen and oxygen atoms in total. The SMILES string of the molecule is C=CCN1CCC(CCN)CC1. The summed E-state index contributed by atoms with van der Waals surface area (Å²) >= 11 is 0. The Morgan fingerprint density at radius 2 is 2.08 bits per heavy atom. The predicted octanol–water partition coefficient (Wildman–Crippen LogP) is 1.23. The smallest absolute Gasteiger partial charge is 0.0160 e. The van der Waals surface area contributed by atoms with Crippen molar-refractivity contribution in [2.24, 2.45) is 11.7 Å². The molecule has 0 radical (unpaired) electrons. The largest absolute Gasteiger partial charge is 0.330 e. The summed E-state index contributed by atoms with van der Waals surface area (Å²) in [6.45, 7) is 8.12. The fourth-order valence-corrected chi connectivity index (χ4v) is 1.88. The number of piperidine rings is 1. The van der Waals surface area contributed by atoms with Crippen molar-refractivity contribution in [2.45, 2.75) is 19.3 Å². The predicted molar refractivity (Wildman–Crippen MR) is 53.0 cm³/mol. The Morgan fingerprint density at radius 3 is 2.58 bits per heavy atom. The molecular formula is C10H20N2. The van der Waals surface area contributed by atoms with Crippen LogP contribution in [0.2, 0.25) is 0 Å². The topological polar surface area (TPSA) is 29.3 Å². The molecule has 70 valence electrons. The van der Waals surface area contributed by atoms with Gasteiger partial charge in [0.2, 0.25) is 0 Å². The molecule has 0 aromatic heterocycles. The third kappa shape index (κ3) is 2.95. The molecule has 12 heavy (non-hydrogen) atoms. The average Bonchev–Trinajstić information content (AvgIpc) is 2.09. The van der Waals surface area contributed by atoms with E-state index in [1.54, 1.807) is 0 Å². The van der Waals surface area contributed by atoms with Crippen LogP contribution in [-0.2, 0) is 0 Å². The molecule has 1 rings (SSSR count). The first kappa shape index (κ1) is 9.75. The number of hydrogen-bond donors (Lipinski definition) is 1. The molecule has 1 aliphatic heterocycles. The first-order chi connectivity index (χ1) is 5.86. The summed E-state index contributed by atoms with van der Waals surface area (Å²) in [5, 5.41) is 0. The van der Waals surface area contributed by atoms with Crippen molar-refractivity contribution in [3.63, 3.8) is 0 Å². The van der Waals surface area contributed by atoms with Crippen LogP contribution in [0.1, 0.15) is 19.3 Å². The maximum Gasteiger partial charge on any atom is 0.0160 e. The number of nitrogens with zero attached hydrogens (tertiary/aromatic N) is 1. The van der Waals surface area contributed by atoms with Gasteiger partial charge < -0.3 is 5.73 Å². The standard InChI is InChI=1S/C10H20N2/c1-2-7-12-8-4-10(3-6-11)5-9-12/h2,10H,1,3-9,11H2. The molecule has 0 spiro atoms. The molecule has 2 heteroatoms. The number of likely N-dealkylation sites (tertiary alicyclic amines) is 1. The van der Waals surface area contributed by atoms with Crippen LogP contribution >= 0.6 is 0 Å². The molecule has 1 heterocycles. The quantitative estimate of drug-likeness (QED) is 0.640. The van der Waals surface area contributed by atoms with Crippen LogP contribution in [0.25, 0.3) is 0 Å². The highest BCUT2D eigenvalue weighted by molar-refractivity contribution is 4.78. The van der Waals surface area contributed by atoms with Crippen molar-refractivity contribution in [1.82, 2.24) is 4.90 Å². The summed E-state index contributed by atoms with van der Waals surface area (Å²) in [5.74, 6) is 0.885. The van der Waals surface area contributed by atoms with Gasteiger partial charge in [0.15, 0.2) is 0 Å². The zero-order chi connectivity index (χ0) is 8.81. The molecule has 1 saturated heterocycles. The van der Waals surface area contributed by atoms with Gasteiger partial charge in [-0.25, -0.2) is 0 Å². The average molecular weight is 168 g/mol. The lowest BCUT2D eigenvalue weighted by atomic mass is 9.94. The zero-order valence-electron chi connectivity index (χ0n) is 7.84. The van der Waals surface area contributed by atoms with Gasteiger partial charge in [-0.1, -0.05) is 6.08 Å². The Bertz CT molecular complexity index is 126. The molecule has 0 aromatic carbocycles. The second-order valence-corrected chi connectivity index (χ2v) is 3.61. The third-order valence-corrected chi connectivity index (χ3v) is 2.67. The summed E-state index contributed by atoms with van der Waals surface area (Å²) in [5.41, 5.74) is 5.52. The summed E-state index contributed by atoms with van der Waals surface area (Å²) in [4.78, 5) is 2.46. The Labute approximate surface area is 75.4 Å². The van der Waals surface area contributed by atoms with Crippen LogP contribution in [0.4, 0.5) is 0 Å². The Hall–Kier alpha value is -0.340. The van der Waals surface area contributed by atoms with Crippen molar-refractivity contribution in [3.05, 3.63) is 12.7 Å². The summed E-state index contributed by atoms with van der Waals surface area (Å²) in [6.07, 6.45) is 5.85. The molecule has 0 bridgehead atoms. The summed E-state index contributed by atoms with van der Waals surface area (Å²) in [7, 11) is 0. The van der Waals surface area contributed by atoms with Crippen LogP contribution in [0, 0.1) is 5.92 Å². The van der Waals surface area contributed by atoms with Crippen molar-refractivity contribution < 1.29 is 0 Å². The van der Waals surface area contributed by atoms with E-state index in [-0.39, 0.29) is 0 Å². The van der Waals surface area contributed by atoms with E-state index < -0.39 is 0 Å². The minimum absolute atomic E-state index is 0.853. The first-order valence-corrected chi connectivity index (χ1v) is 4.90. The summed E-state index contributed by atoms with van der Waals surface area (Å²) < 4.78 is 0. The van der Waals surface area contributed by atoms with Crippen LogP contribution in [0.3, 0.4) is 0 Å². The molecule has 1 fully saturated rings. The van der Waals surface area contributed by atoms with Gasteiger partial charge in [0, 0.05) is 6.54 Å². The van der Waals surface area contributed by atoms with E-state index in [4.69, 9.17) is 5.73 Å². The highest BCUT2D eigenvalue weighted by Gasteiger charge is 2.16. The maximum absolute atomic E-state index is 5.52. The molecule has 0 aliphatic carbocycles. The lowest BCUT2D eigenvalue weighted by Crippen LogP contribution is -2.34. The van der Waals surface area contributed by atoms with Crippen molar-refractivity contribution in [2.75, 3.05) is 26.2 Å². The van der Waals surface area contributed by atoms with E-state index in [0.29, 0.717) is 0 Å². The molecule has 0 saturated carbocycles. The van der Waals surface area contributed by atoms with E-state index in [9.17, 15) is 0 Å². The normalized spacial score (nSPS) is 21.1. The van der Waals surface area contributed by atoms with Gasteiger partial charge in [0.25, 0.3) is 0 Å². The van der Waals surface area contributed by atoms with Crippen molar-refractivity contribution in [1.29, 1.82) is 0 Å². The number of rotatable bonds is 4. The fourth-order valence-electron chi connectivity index (χ4n) is 1.88. The van der Waals surface area contributed by atoms with Gasteiger partial charge in [-0.2, -0.15) is 0 Å². The van der Waals surface area contributed by atoms with E-state index >= 15 is 0 Å². The summed E-state index contributed by atoms with van der Waals surface area (Å²) in [6, 6.07) is 0. The van der Waals surface area contributed by atoms with Gasteiger partial charge >= 0.3 is 0 Å². The lowest BCUT2D eigenvalue weighted by molar-refractivity contribution is 0.196. The van der Waals surface area contributed by atoms with Crippen LogP contribution in [0.15, 0.2) is 12.7 Å². The van der Waals surface area contributed by atoms with Gasteiger partial charge in [-0.05, 0) is 44.8 Å². The van der Waals surface area contributed by atoms with Gasteiger partial charge in [-0.15, -0.1) is 6.58 Å². The number of nitrogens with two attached hydrogens (primary N) is 1. The molecular weight excluding hydrogens is 148 g/mol. The highest BCUT2D eigenvalue weighted by Crippen LogP contribution is 2.19. The van der Waals surface area contributed by atoms with E-state index in [1.807, 2.05) is 6.08 Å². The molecule has 0 amide bonds. The van der Waals surface area contributed by atoms with Gasteiger partial charge in [-0.3, -0.25) is 4.90 Å². The minimum Gasteiger partial charge on any atom is -0.330 e. The van der Waals surface area contributed by atoms with Gasteiger partial charge in [0.05, 0.1) is 0 Å². The fraction of sp³-hybridized carbons (Fsp3) is 0.800. The molecule has 0 unspecified atom stereocenters. The lowest BCUT2D eigenvalue weighted by Gasteiger charge is -2.30. The van der Waals surface area contributed by atoms with Crippen molar-refractivity contribution in [3.8, 4) is 0 Å². The van der Waals surface area contributed by atoms with Crippen molar-refractivity contribution >= 4 is 0 Å². The Morgan fingerprint density at radius 1 is 1.42 bits per heavy atom. The monoisotopic (exact) mass is 168 g/mol. The third-order valence-electron chi connectivity index (χ3n) is 2.67. The molecule has 2 N–H and O–H groups in total. The molecule has 0 atom stereocenters. The second-order valence-electron chi connectivity index (χ2n) is 3.61. The van der Waals surface area contributed by atoms with E-state index in [0.717, 1.165) is 19.0 Å². The van der Waals surface area contributed by atoms with Gasteiger partial charge in [0.1, 0.15) is 0 Å². The van der Waals surface area contributed by atoms with E-state index in [1.165, 1.54) is 32.4 Å². The number of hydrogen-bond acceptors (Lipinski definition) is 2. The van der Waals surface area contributed by atoms with Crippen LogP contribution < -0.4 is 5.73 Å². The highest BCUT2D eigenvalue weighted by atomic mass is 15.1. The second kappa shape index (κ2) is 5.33. The maximum atomic E-state index is 5.52. The van der Waals surface area contributed by atoms with E-state index in [2.05, 4.69) is 11.5 Å². The zero-order valence-corrected chi connectivity index (χ0v) is 7.84. The Balaban J connectivity index is 2.15.